The second-order valence-electron chi connectivity index (χ2n) is 8.60. The molecule has 0 radical (unpaired) electrons. The molecular formula is C17H35NO2. The zero-order valence-electron chi connectivity index (χ0n) is 14.3. The van der Waals surface area contributed by atoms with E-state index in [2.05, 4.69) is 46.9 Å². The predicted molar refractivity (Wildman–Crippen MR) is 84.9 cm³/mol. The van der Waals surface area contributed by atoms with Crippen LogP contribution in [0.3, 0.4) is 0 Å². The summed E-state index contributed by atoms with van der Waals surface area (Å²) >= 11 is 0. The third-order valence-corrected chi connectivity index (χ3v) is 3.96. The van der Waals surface area contributed by atoms with Crippen LogP contribution in [0.2, 0.25) is 0 Å². The fraction of sp³-hybridized carbons (Fsp3) is 1.00. The van der Waals surface area contributed by atoms with Crippen molar-refractivity contribution in [2.45, 2.75) is 73.0 Å². The van der Waals surface area contributed by atoms with E-state index in [9.17, 15) is 5.11 Å². The Labute approximate surface area is 125 Å². The van der Waals surface area contributed by atoms with E-state index in [0.717, 1.165) is 6.61 Å². The average Bonchev–Trinajstić information content (AvgIpc) is 2.21. The van der Waals surface area contributed by atoms with Gasteiger partial charge in [0.05, 0.1) is 12.7 Å². The van der Waals surface area contributed by atoms with Gasteiger partial charge in [-0.05, 0) is 36.0 Å². The maximum absolute atomic E-state index is 9.97. The van der Waals surface area contributed by atoms with Crippen molar-refractivity contribution in [1.29, 1.82) is 0 Å². The molecule has 1 unspecified atom stereocenters. The fourth-order valence-electron chi connectivity index (χ4n) is 3.79. The molecule has 1 atom stereocenters. The molecule has 1 aliphatic carbocycles. The summed E-state index contributed by atoms with van der Waals surface area (Å²) < 4.78 is 5.49. The Bertz CT molecular complexity index is 271. The van der Waals surface area contributed by atoms with E-state index in [1.54, 1.807) is 0 Å². The minimum atomic E-state index is -0.401. The predicted octanol–water partition coefficient (Wildman–Crippen LogP) is 3.21. The van der Waals surface area contributed by atoms with Gasteiger partial charge in [-0.15, -0.1) is 0 Å². The molecule has 1 rings (SSSR count). The molecule has 0 bridgehead atoms. The number of ether oxygens (including phenoxy) is 1. The van der Waals surface area contributed by atoms with Crippen molar-refractivity contribution in [1.82, 2.24) is 5.32 Å². The summed E-state index contributed by atoms with van der Waals surface area (Å²) in [5.74, 6) is 0.523. The first-order valence-corrected chi connectivity index (χ1v) is 8.09. The Hall–Kier alpha value is -0.120. The van der Waals surface area contributed by atoms with E-state index in [0.29, 0.717) is 35.9 Å². The van der Waals surface area contributed by atoms with Crippen molar-refractivity contribution >= 4 is 0 Å². The zero-order valence-corrected chi connectivity index (χ0v) is 14.3. The van der Waals surface area contributed by atoms with Crippen molar-refractivity contribution in [2.75, 3.05) is 19.8 Å². The molecule has 0 heterocycles. The summed E-state index contributed by atoms with van der Waals surface area (Å²) in [4.78, 5) is 0. The van der Waals surface area contributed by atoms with E-state index in [-0.39, 0.29) is 0 Å². The van der Waals surface area contributed by atoms with Crippen LogP contribution in [0.5, 0.6) is 0 Å². The Morgan fingerprint density at radius 3 is 2.15 bits per heavy atom. The van der Waals surface area contributed by atoms with Gasteiger partial charge in [-0.1, -0.05) is 41.5 Å². The molecular weight excluding hydrogens is 250 g/mol. The van der Waals surface area contributed by atoms with E-state index in [1.165, 1.54) is 19.3 Å². The van der Waals surface area contributed by atoms with Gasteiger partial charge < -0.3 is 15.2 Å². The monoisotopic (exact) mass is 285 g/mol. The standard InChI is InChI=1S/C17H35NO2/c1-13(2)10-20-11-15(19)9-18-14-7-16(3,4)12-17(5,6)8-14/h13-15,18-19H,7-12H2,1-6H3. The van der Waals surface area contributed by atoms with Gasteiger partial charge in [0.1, 0.15) is 0 Å². The van der Waals surface area contributed by atoms with Gasteiger partial charge in [-0.3, -0.25) is 0 Å². The largest absolute Gasteiger partial charge is 0.389 e. The van der Waals surface area contributed by atoms with Crippen LogP contribution in [-0.4, -0.2) is 37.0 Å². The smallest absolute Gasteiger partial charge is 0.0897 e. The fourth-order valence-corrected chi connectivity index (χ4v) is 3.79. The number of nitrogens with one attached hydrogen (secondary N) is 1. The number of rotatable bonds is 7. The first-order valence-electron chi connectivity index (χ1n) is 8.09. The van der Waals surface area contributed by atoms with Crippen LogP contribution in [0, 0.1) is 16.7 Å². The van der Waals surface area contributed by atoms with Crippen molar-refractivity contribution < 1.29 is 9.84 Å². The van der Waals surface area contributed by atoms with E-state index in [4.69, 9.17) is 4.74 Å². The van der Waals surface area contributed by atoms with Crippen LogP contribution in [0.1, 0.15) is 60.8 Å². The summed E-state index contributed by atoms with van der Waals surface area (Å²) in [6.45, 7) is 15.4. The summed E-state index contributed by atoms with van der Waals surface area (Å²) in [5, 5.41) is 13.5. The van der Waals surface area contributed by atoms with Crippen LogP contribution in [0.15, 0.2) is 0 Å². The highest BCUT2D eigenvalue weighted by atomic mass is 16.5. The van der Waals surface area contributed by atoms with Crippen molar-refractivity contribution in [3.05, 3.63) is 0 Å². The minimum absolute atomic E-state index is 0.387. The lowest BCUT2D eigenvalue weighted by atomic mass is 9.63. The van der Waals surface area contributed by atoms with E-state index in [1.807, 2.05) is 0 Å². The van der Waals surface area contributed by atoms with Crippen LogP contribution in [-0.2, 0) is 4.74 Å². The molecule has 0 aromatic carbocycles. The summed E-state index contributed by atoms with van der Waals surface area (Å²) in [6.07, 6.45) is 3.26. The normalized spacial score (nSPS) is 24.0. The summed E-state index contributed by atoms with van der Waals surface area (Å²) in [5.41, 5.74) is 0.775. The molecule has 0 amide bonds. The number of aliphatic hydroxyl groups excluding tert-OH is 1. The molecule has 1 fully saturated rings. The molecule has 120 valence electrons. The molecule has 1 aliphatic rings. The molecule has 3 heteroatoms. The lowest BCUT2D eigenvalue weighted by molar-refractivity contribution is 0.0193. The highest BCUT2D eigenvalue weighted by molar-refractivity contribution is 4.92. The van der Waals surface area contributed by atoms with E-state index >= 15 is 0 Å². The average molecular weight is 285 g/mol. The molecule has 0 aliphatic heterocycles. The number of aliphatic hydroxyl groups is 1. The van der Waals surface area contributed by atoms with Crippen molar-refractivity contribution in [2.24, 2.45) is 16.7 Å². The van der Waals surface area contributed by atoms with Crippen LogP contribution >= 0.6 is 0 Å². The van der Waals surface area contributed by atoms with Crippen LogP contribution in [0.4, 0.5) is 0 Å². The summed E-state index contributed by atoms with van der Waals surface area (Å²) in [6, 6.07) is 0.508. The van der Waals surface area contributed by atoms with Gasteiger partial charge >= 0.3 is 0 Å². The third kappa shape index (κ3) is 7.05. The van der Waals surface area contributed by atoms with Gasteiger partial charge in [0.25, 0.3) is 0 Å². The van der Waals surface area contributed by atoms with Crippen molar-refractivity contribution in [3.8, 4) is 0 Å². The Balaban J connectivity index is 2.30. The molecule has 1 saturated carbocycles. The van der Waals surface area contributed by atoms with Crippen molar-refractivity contribution in [3.63, 3.8) is 0 Å². The first-order chi connectivity index (χ1) is 9.10. The maximum Gasteiger partial charge on any atom is 0.0897 e. The topological polar surface area (TPSA) is 41.5 Å². The Morgan fingerprint density at radius 2 is 1.65 bits per heavy atom. The highest BCUT2D eigenvalue weighted by Crippen LogP contribution is 2.45. The lowest BCUT2D eigenvalue weighted by Crippen LogP contribution is -2.46. The Kier molecular flexibility index (Phi) is 6.49. The second kappa shape index (κ2) is 7.24. The van der Waals surface area contributed by atoms with Crippen LogP contribution < -0.4 is 5.32 Å². The SMILES string of the molecule is CC(C)COCC(O)CNC1CC(C)(C)CC(C)(C)C1. The molecule has 20 heavy (non-hydrogen) atoms. The maximum atomic E-state index is 9.97. The van der Waals surface area contributed by atoms with Gasteiger partial charge in [-0.2, -0.15) is 0 Å². The zero-order chi connectivity index (χ0) is 15.4. The molecule has 0 spiro atoms. The molecule has 0 aromatic rings. The summed E-state index contributed by atoms with van der Waals surface area (Å²) in [7, 11) is 0. The number of hydrogen-bond acceptors (Lipinski definition) is 3. The van der Waals surface area contributed by atoms with Gasteiger partial charge in [0.15, 0.2) is 0 Å². The number of hydrogen-bond donors (Lipinski definition) is 2. The highest BCUT2D eigenvalue weighted by Gasteiger charge is 2.38. The molecule has 2 N–H and O–H groups in total. The van der Waals surface area contributed by atoms with Gasteiger partial charge in [0.2, 0.25) is 0 Å². The molecule has 0 saturated heterocycles. The molecule has 3 nitrogen and oxygen atoms in total. The van der Waals surface area contributed by atoms with Gasteiger partial charge in [0, 0.05) is 19.2 Å². The second-order valence-corrected chi connectivity index (χ2v) is 8.60. The Morgan fingerprint density at radius 1 is 1.10 bits per heavy atom. The molecule has 0 aromatic heterocycles. The van der Waals surface area contributed by atoms with Gasteiger partial charge in [-0.25, -0.2) is 0 Å². The lowest BCUT2D eigenvalue weighted by Gasteiger charge is -2.45. The first kappa shape index (κ1) is 17.9. The minimum Gasteiger partial charge on any atom is -0.389 e. The van der Waals surface area contributed by atoms with E-state index < -0.39 is 6.10 Å². The quantitative estimate of drug-likeness (QED) is 0.754. The van der Waals surface area contributed by atoms with Crippen LogP contribution in [0.25, 0.3) is 0 Å². The third-order valence-electron chi connectivity index (χ3n) is 3.96.